The van der Waals surface area contributed by atoms with Crippen molar-refractivity contribution in [2.75, 3.05) is 12.5 Å². The fourth-order valence-corrected chi connectivity index (χ4v) is 1.99. The molecule has 0 saturated carbocycles. The molecule has 0 aliphatic heterocycles. The number of rotatable bonds is 4. The van der Waals surface area contributed by atoms with Crippen molar-refractivity contribution in [3.63, 3.8) is 0 Å². The average molecular weight is 235 g/mol. The first-order valence-corrected chi connectivity index (χ1v) is 6.08. The van der Waals surface area contributed by atoms with Gasteiger partial charge in [-0.1, -0.05) is 30.3 Å². The molecule has 2 heteroatoms. The van der Waals surface area contributed by atoms with Gasteiger partial charge in [0.05, 0.1) is 12.1 Å². The highest BCUT2D eigenvalue weighted by atomic mass is 35.5. The summed E-state index contributed by atoms with van der Waals surface area (Å²) >= 11 is 5.53. The third-order valence-corrected chi connectivity index (χ3v) is 2.80. The SMILES string of the molecule is ClCCO/C=C/C1=CCCc2ccccc21. The van der Waals surface area contributed by atoms with Crippen LogP contribution in [0.4, 0.5) is 0 Å². The Hall–Kier alpha value is -1.21. The van der Waals surface area contributed by atoms with Crippen LogP contribution in [0.5, 0.6) is 0 Å². The third-order valence-electron chi connectivity index (χ3n) is 2.65. The molecule has 0 bridgehead atoms. The molecule has 0 saturated heterocycles. The van der Waals surface area contributed by atoms with Crippen LogP contribution in [0.3, 0.4) is 0 Å². The number of hydrogen-bond donors (Lipinski definition) is 0. The van der Waals surface area contributed by atoms with E-state index in [4.69, 9.17) is 16.3 Å². The second-order valence-corrected chi connectivity index (χ2v) is 4.10. The lowest BCUT2D eigenvalue weighted by molar-refractivity contribution is 0.272. The summed E-state index contributed by atoms with van der Waals surface area (Å²) in [5.74, 6) is 0.528. The molecule has 0 unspecified atom stereocenters. The van der Waals surface area contributed by atoms with Gasteiger partial charge in [0, 0.05) is 0 Å². The summed E-state index contributed by atoms with van der Waals surface area (Å²) in [6.45, 7) is 0.562. The summed E-state index contributed by atoms with van der Waals surface area (Å²) in [6, 6.07) is 8.52. The maximum atomic E-state index is 5.53. The van der Waals surface area contributed by atoms with Gasteiger partial charge in [-0.25, -0.2) is 0 Å². The number of aryl methyl sites for hydroxylation is 1. The largest absolute Gasteiger partial charge is 0.500 e. The Morgan fingerprint density at radius 3 is 3.06 bits per heavy atom. The monoisotopic (exact) mass is 234 g/mol. The Labute approximate surface area is 101 Å². The quantitative estimate of drug-likeness (QED) is 0.438. The van der Waals surface area contributed by atoms with E-state index in [1.54, 1.807) is 6.26 Å². The molecule has 0 amide bonds. The standard InChI is InChI=1S/C14H15ClO/c15-9-11-16-10-8-13-6-3-5-12-4-1-2-7-14(12)13/h1-2,4,6-8,10H,3,5,9,11H2/b10-8+. The predicted molar refractivity (Wildman–Crippen MR) is 68.6 cm³/mol. The summed E-state index contributed by atoms with van der Waals surface area (Å²) in [6.07, 6.45) is 8.24. The number of hydrogen-bond acceptors (Lipinski definition) is 1. The van der Waals surface area contributed by atoms with Crippen LogP contribution in [0.15, 0.2) is 42.7 Å². The van der Waals surface area contributed by atoms with Crippen molar-refractivity contribution in [3.05, 3.63) is 53.8 Å². The molecule has 0 atom stereocenters. The van der Waals surface area contributed by atoms with Crippen LogP contribution < -0.4 is 0 Å². The zero-order valence-electron chi connectivity index (χ0n) is 9.16. The minimum Gasteiger partial charge on any atom is -0.500 e. The second-order valence-electron chi connectivity index (χ2n) is 3.72. The van der Waals surface area contributed by atoms with Gasteiger partial charge in [0.1, 0.15) is 6.61 Å². The molecule has 0 N–H and O–H groups in total. The lowest BCUT2D eigenvalue weighted by atomic mass is 9.91. The molecule has 0 spiro atoms. The summed E-state index contributed by atoms with van der Waals surface area (Å²) < 4.78 is 5.25. The number of fused-ring (bicyclic) bond motifs is 1. The first-order chi connectivity index (χ1) is 7.92. The molecule has 1 nitrogen and oxygen atoms in total. The minimum absolute atomic E-state index is 0.528. The number of benzene rings is 1. The van der Waals surface area contributed by atoms with Gasteiger partial charge in [-0.15, -0.1) is 11.6 Å². The van der Waals surface area contributed by atoms with Gasteiger partial charge >= 0.3 is 0 Å². The number of halogens is 1. The molecular formula is C14H15ClO. The van der Waals surface area contributed by atoms with E-state index in [0.29, 0.717) is 12.5 Å². The topological polar surface area (TPSA) is 9.23 Å². The lowest BCUT2D eigenvalue weighted by Crippen LogP contribution is -1.97. The Bertz CT molecular complexity index is 407. The number of allylic oxidation sites excluding steroid dienone is 3. The van der Waals surface area contributed by atoms with Crippen molar-refractivity contribution in [1.29, 1.82) is 0 Å². The molecule has 1 aliphatic rings. The first kappa shape index (κ1) is 11.3. The van der Waals surface area contributed by atoms with Gasteiger partial charge in [-0.2, -0.15) is 0 Å². The van der Waals surface area contributed by atoms with Crippen molar-refractivity contribution >= 4 is 17.2 Å². The van der Waals surface area contributed by atoms with E-state index in [9.17, 15) is 0 Å². The van der Waals surface area contributed by atoms with E-state index in [1.165, 1.54) is 16.7 Å². The third kappa shape index (κ3) is 2.67. The van der Waals surface area contributed by atoms with Gasteiger partial charge < -0.3 is 4.74 Å². The highest BCUT2D eigenvalue weighted by Gasteiger charge is 2.08. The van der Waals surface area contributed by atoms with Crippen LogP contribution in [-0.2, 0) is 11.2 Å². The van der Waals surface area contributed by atoms with E-state index >= 15 is 0 Å². The Balaban J connectivity index is 2.10. The molecule has 84 valence electrons. The highest BCUT2D eigenvalue weighted by Crippen LogP contribution is 2.26. The van der Waals surface area contributed by atoms with E-state index < -0.39 is 0 Å². The van der Waals surface area contributed by atoms with Gasteiger partial charge in [-0.3, -0.25) is 0 Å². The minimum atomic E-state index is 0.528. The predicted octanol–water partition coefficient (Wildman–Crippen LogP) is 3.79. The van der Waals surface area contributed by atoms with E-state index in [2.05, 4.69) is 30.3 Å². The Kier molecular flexibility index (Phi) is 4.06. The summed E-state index contributed by atoms with van der Waals surface area (Å²) in [4.78, 5) is 0. The van der Waals surface area contributed by atoms with Crippen molar-refractivity contribution in [1.82, 2.24) is 0 Å². The molecule has 1 aromatic rings. The maximum absolute atomic E-state index is 5.53. The van der Waals surface area contributed by atoms with Crippen LogP contribution in [0.25, 0.3) is 5.57 Å². The second kappa shape index (κ2) is 5.76. The maximum Gasteiger partial charge on any atom is 0.101 e. The zero-order chi connectivity index (χ0) is 11.2. The summed E-state index contributed by atoms with van der Waals surface area (Å²) in [5, 5.41) is 0. The van der Waals surface area contributed by atoms with Crippen molar-refractivity contribution in [3.8, 4) is 0 Å². The molecule has 0 fully saturated rings. The molecule has 0 heterocycles. The smallest absolute Gasteiger partial charge is 0.101 e. The Morgan fingerprint density at radius 2 is 2.19 bits per heavy atom. The normalized spacial score (nSPS) is 14.7. The summed E-state index contributed by atoms with van der Waals surface area (Å²) in [5.41, 5.74) is 3.98. The number of ether oxygens (including phenoxy) is 1. The molecule has 0 aromatic heterocycles. The van der Waals surface area contributed by atoms with E-state index in [-0.39, 0.29) is 0 Å². The van der Waals surface area contributed by atoms with Gasteiger partial charge in [0.15, 0.2) is 0 Å². The van der Waals surface area contributed by atoms with Gasteiger partial charge in [-0.05, 0) is 35.6 Å². The van der Waals surface area contributed by atoms with Gasteiger partial charge in [0.2, 0.25) is 0 Å². The fourth-order valence-electron chi connectivity index (χ4n) is 1.90. The first-order valence-electron chi connectivity index (χ1n) is 5.54. The fraction of sp³-hybridized carbons (Fsp3) is 0.286. The average Bonchev–Trinajstić information content (AvgIpc) is 2.35. The molecule has 1 aromatic carbocycles. The highest BCUT2D eigenvalue weighted by molar-refractivity contribution is 6.17. The van der Waals surface area contributed by atoms with Crippen molar-refractivity contribution in [2.24, 2.45) is 0 Å². The summed E-state index contributed by atoms with van der Waals surface area (Å²) in [7, 11) is 0. The molecule has 16 heavy (non-hydrogen) atoms. The molecule has 1 aliphatic carbocycles. The van der Waals surface area contributed by atoms with Crippen molar-refractivity contribution < 1.29 is 4.74 Å². The van der Waals surface area contributed by atoms with E-state index in [1.807, 2.05) is 6.08 Å². The molecular weight excluding hydrogens is 220 g/mol. The molecule has 0 radical (unpaired) electrons. The van der Waals surface area contributed by atoms with Gasteiger partial charge in [0.25, 0.3) is 0 Å². The van der Waals surface area contributed by atoms with Crippen LogP contribution in [0.1, 0.15) is 17.5 Å². The Morgan fingerprint density at radius 1 is 1.31 bits per heavy atom. The van der Waals surface area contributed by atoms with Crippen LogP contribution in [-0.4, -0.2) is 12.5 Å². The number of alkyl halides is 1. The van der Waals surface area contributed by atoms with Crippen LogP contribution in [0.2, 0.25) is 0 Å². The lowest BCUT2D eigenvalue weighted by Gasteiger charge is -2.14. The molecule has 2 rings (SSSR count). The van der Waals surface area contributed by atoms with Crippen LogP contribution in [0, 0.1) is 0 Å². The zero-order valence-corrected chi connectivity index (χ0v) is 9.91. The van der Waals surface area contributed by atoms with Crippen molar-refractivity contribution in [2.45, 2.75) is 12.8 Å². The van der Waals surface area contributed by atoms with Crippen LogP contribution >= 0.6 is 11.6 Å². The van der Waals surface area contributed by atoms with E-state index in [0.717, 1.165) is 12.8 Å².